The minimum Gasteiger partial charge on any atom is -0.478 e. The van der Waals surface area contributed by atoms with Crippen molar-refractivity contribution >= 4 is 5.97 Å². The maximum Gasteiger partial charge on any atom is 0.335 e. The predicted molar refractivity (Wildman–Crippen MR) is 73.2 cm³/mol. The van der Waals surface area contributed by atoms with Crippen molar-refractivity contribution in [3.63, 3.8) is 0 Å². The van der Waals surface area contributed by atoms with E-state index in [-0.39, 0.29) is 24.7 Å². The van der Waals surface area contributed by atoms with Crippen molar-refractivity contribution in [2.45, 2.75) is 44.6 Å². The van der Waals surface area contributed by atoms with Crippen molar-refractivity contribution in [2.75, 3.05) is 6.61 Å². The van der Waals surface area contributed by atoms with Gasteiger partial charge in [-0.05, 0) is 43.0 Å². The highest BCUT2D eigenvalue weighted by Crippen LogP contribution is 2.16. The van der Waals surface area contributed by atoms with Crippen LogP contribution >= 0.6 is 0 Å². The van der Waals surface area contributed by atoms with E-state index in [2.05, 4.69) is 0 Å². The standard InChI is InChI=1S/C9H9FO3.C6H12O/c10-7-1-2-8(9(12)13)6(5-7)3-4-11;7-6-4-2-1-3-5-6/h1-2,5,11H,3-4H2,(H,12,13);6-7H,1-5H2. The lowest BCUT2D eigenvalue weighted by Gasteiger charge is -2.14. The van der Waals surface area contributed by atoms with Crippen LogP contribution in [0.2, 0.25) is 0 Å². The molecule has 0 bridgehead atoms. The summed E-state index contributed by atoms with van der Waals surface area (Å²) in [6, 6.07) is 3.41. The summed E-state index contributed by atoms with van der Waals surface area (Å²) in [6.45, 7) is -0.191. The maximum atomic E-state index is 12.7. The zero-order valence-corrected chi connectivity index (χ0v) is 11.4. The lowest BCUT2D eigenvalue weighted by Crippen LogP contribution is -2.09. The fourth-order valence-electron chi connectivity index (χ4n) is 2.18. The van der Waals surface area contributed by atoms with Crippen LogP contribution in [0.25, 0.3) is 0 Å². The van der Waals surface area contributed by atoms with Crippen LogP contribution in [0.4, 0.5) is 4.39 Å². The monoisotopic (exact) mass is 284 g/mol. The third-order valence-electron chi connectivity index (χ3n) is 3.25. The Morgan fingerprint density at radius 2 is 1.90 bits per heavy atom. The van der Waals surface area contributed by atoms with Crippen LogP contribution in [0.5, 0.6) is 0 Å². The predicted octanol–water partition coefficient (Wildman–Crippen LogP) is 2.37. The van der Waals surface area contributed by atoms with Crippen LogP contribution in [0.1, 0.15) is 48.0 Å². The Morgan fingerprint density at radius 3 is 2.35 bits per heavy atom. The van der Waals surface area contributed by atoms with Crippen molar-refractivity contribution in [2.24, 2.45) is 0 Å². The summed E-state index contributed by atoms with van der Waals surface area (Å²) >= 11 is 0. The molecule has 1 aliphatic rings. The van der Waals surface area contributed by atoms with E-state index in [9.17, 15) is 9.18 Å². The van der Waals surface area contributed by atoms with Gasteiger partial charge in [0.05, 0.1) is 11.7 Å². The summed E-state index contributed by atoms with van der Waals surface area (Å²) in [6.07, 6.45) is 6.08. The number of aliphatic hydroxyl groups excluding tert-OH is 2. The fourth-order valence-corrected chi connectivity index (χ4v) is 2.18. The van der Waals surface area contributed by atoms with Crippen molar-refractivity contribution in [1.29, 1.82) is 0 Å². The average molecular weight is 284 g/mol. The van der Waals surface area contributed by atoms with Gasteiger partial charge in [-0.15, -0.1) is 0 Å². The van der Waals surface area contributed by atoms with E-state index in [0.717, 1.165) is 25.0 Å². The van der Waals surface area contributed by atoms with Gasteiger partial charge in [-0.1, -0.05) is 19.3 Å². The molecule has 5 heteroatoms. The first-order valence-corrected chi connectivity index (χ1v) is 6.85. The molecule has 0 radical (unpaired) electrons. The average Bonchev–Trinajstić information content (AvgIpc) is 2.40. The zero-order valence-electron chi connectivity index (χ0n) is 11.4. The fraction of sp³-hybridized carbons (Fsp3) is 0.533. The molecular weight excluding hydrogens is 263 g/mol. The van der Waals surface area contributed by atoms with E-state index < -0.39 is 11.8 Å². The van der Waals surface area contributed by atoms with E-state index in [4.69, 9.17) is 15.3 Å². The summed E-state index contributed by atoms with van der Waals surface area (Å²) in [4.78, 5) is 10.6. The molecule has 0 amide bonds. The molecule has 0 unspecified atom stereocenters. The van der Waals surface area contributed by atoms with Gasteiger partial charge >= 0.3 is 5.97 Å². The van der Waals surface area contributed by atoms with Gasteiger partial charge < -0.3 is 15.3 Å². The van der Waals surface area contributed by atoms with Crippen molar-refractivity contribution in [3.8, 4) is 0 Å². The van der Waals surface area contributed by atoms with Gasteiger partial charge in [0, 0.05) is 6.61 Å². The summed E-state index contributed by atoms with van der Waals surface area (Å²) < 4.78 is 12.7. The smallest absolute Gasteiger partial charge is 0.335 e. The number of halogens is 1. The molecule has 2 rings (SSSR count). The lowest BCUT2D eigenvalue weighted by atomic mass is 9.98. The first-order chi connectivity index (χ1) is 9.54. The van der Waals surface area contributed by atoms with Gasteiger partial charge in [0.1, 0.15) is 5.82 Å². The number of rotatable bonds is 3. The van der Waals surface area contributed by atoms with Gasteiger partial charge in [-0.25, -0.2) is 9.18 Å². The first-order valence-electron chi connectivity index (χ1n) is 6.85. The molecule has 1 aliphatic carbocycles. The van der Waals surface area contributed by atoms with Gasteiger partial charge in [0.25, 0.3) is 0 Å². The van der Waals surface area contributed by atoms with Gasteiger partial charge in [-0.2, -0.15) is 0 Å². The Labute approximate surface area is 117 Å². The summed E-state index contributed by atoms with van der Waals surface area (Å²) in [5.74, 6) is -1.60. The SMILES string of the molecule is O=C(O)c1ccc(F)cc1CCO.OC1CCCCC1. The Morgan fingerprint density at radius 1 is 1.25 bits per heavy atom. The third-order valence-corrected chi connectivity index (χ3v) is 3.25. The molecule has 3 N–H and O–H groups in total. The number of aliphatic hydroxyl groups is 2. The van der Waals surface area contributed by atoms with E-state index >= 15 is 0 Å². The Hall–Kier alpha value is -1.46. The number of aromatic carboxylic acids is 1. The van der Waals surface area contributed by atoms with E-state index in [0.29, 0.717) is 5.56 Å². The van der Waals surface area contributed by atoms with E-state index in [1.165, 1.54) is 25.3 Å². The highest BCUT2D eigenvalue weighted by Gasteiger charge is 2.10. The molecule has 0 aromatic heterocycles. The van der Waals surface area contributed by atoms with Crippen LogP contribution in [0, 0.1) is 5.82 Å². The number of hydrogen-bond acceptors (Lipinski definition) is 3. The second-order valence-electron chi connectivity index (χ2n) is 4.87. The summed E-state index contributed by atoms with van der Waals surface area (Å²) in [7, 11) is 0. The topological polar surface area (TPSA) is 77.8 Å². The van der Waals surface area contributed by atoms with Gasteiger partial charge in [0.15, 0.2) is 0 Å². The first kappa shape index (κ1) is 16.6. The molecular formula is C15H21FO4. The molecule has 1 fully saturated rings. The van der Waals surface area contributed by atoms with Crippen LogP contribution in [0.15, 0.2) is 18.2 Å². The largest absolute Gasteiger partial charge is 0.478 e. The van der Waals surface area contributed by atoms with Crippen molar-refractivity contribution in [3.05, 3.63) is 35.1 Å². The molecule has 0 spiro atoms. The number of benzene rings is 1. The van der Waals surface area contributed by atoms with Crippen LogP contribution in [-0.4, -0.2) is 34.0 Å². The zero-order chi connectivity index (χ0) is 15.0. The van der Waals surface area contributed by atoms with Gasteiger partial charge in [0.2, 0.25) is 0 Å². The molecule has 1 aromatic carbocycles. The minimum absolute atomic E-state index is 0.0359. The molecule has 112 valence electrons. The molecule has 0 atom stereocenters. The Kier molecular flexibility index (Phi) is 7.18. The second kappa shape index (κ2) is 8.66. The second-order valence-corrected chi connectivity index (χ2v) is 4.87. The third kappa shape index (κ3) is 5.67. The minimum atomic E-state index is -1.11. The highest BCUT2D eigenvalue weighted by molar-refractivity contribution is 5.89. The van der Waals surface area contributed by atoms with Crippen molar-refractivity contribution in [1.82, 2.24) is 0 Å². The molecule has 1 aromatic rings. The Bertz CT molecular complexity index is 428. The number of carboxylic acids is 1. The quantitative estimate of drug-likeness (QED) is 0.796. The van der Waals surface area contributed by atoms with E-state index in [1.54, 1.807) is 0 Å². The number of carboxylic acid groups (broad SMARTS) is 1. The maximum absolute atomic E-state index is 12.7. The van der Waals surface area contributed by atoms with Crippen molar-refractivity contribution < 1.29 is 24.5 Å². The van der Waals surface area contributed by atoms with Crippen LogP contribution < -0.4 is 0 Å². The normalized spacial score (nSPS) is 15.3. The molecule has 4 nitrogen and oxygen atoms in total. The summed E-state index contributed by atoms with van der Waals surface area (Å²) in [5, 5.41) is 26.2. The molecule has 1 saturated carbocycles. The number of carbonyl (C=O) groups is 1. The van der Waals surface area contributed by atoms with Gasteiger partial charge in [-0.3, -0.25) is 0 Å². The molecule has 0 aliphatic heterocycles. The molecule has 0 heterocycles. The number of hydrogen-bond donors (Lipinski definition) is 3. The molecule has 20 heavy (non-hydrogen) atoms. The highest BCUT2D eigenvalue weighted by atomic mass is 19.1. The summed E-state index contributed by atoms with van der Waals surface area (Å²) in [5.41, 5.74) is 0.352. The Balaban J connectivity index is 0.000000240. The molecule has 0 saturated heterocycles. The van der Waals surface area contributed by atoms with Crippen LogP contribution in [-0.2, 0) is 6.42 Å². The van der Waals surface area contributed by atoms with E-state index in [1.807, 2.05) is 0 Å². The van der Waals surface area contributed by atoms with Crippen LogP contribution in [0.3, 0.4) is 0 Å². The lowest BCUT2D eigenvalue weighted by molar-refractivity contribution is 0.0695.